The molecule has 6 heterocycles. The molecule has 16 heteroatoms. The molecule has 6 rings (SSSR count). The Hall–Kier alpha value is -5.74. The van der Waals surface area contributed by atoms with Crippen LogP contribution in [0.4, 0.5) is 0 Å². The molecule has 1 amide bonds. The first-order valence-electron chi connectivity index (χ1n) is 22.5. The van der Waals surface area contributed by atoms with Crippen molar-refractivity contribution in [1.82, 2.24) is 24.8 Å². The van der Waals surface area contributed by atoms with Gasteiger partial charge in [0.2, 0.25) is 5.91 Å². The molecule has 0 aromatic carbocycles. The Bertz CT molecular complexity index is 2600. The van der Waals surface area contributed by atoms with Gasteiger partial charge in [-0.3, -0.25) is 29.0 Å². The molecule has 15 nitrogen and oxygen atoms in total. The van der Waals surface area contributed by atoms with Crippen LogP contribution in [0, 0.1) is 20.8 Å². The number of esters is 4. The Morgan fingerprint density at radius 3 is 2.14 bits per heavy atom. The molecule has 1 fully saturated rings. The number of H-pyrrole nitrogens is 2. The summed E-state index contributed by atoms with van der Waals surface area (Å²) >= 11 is 1.29. The van der Waals surface area contributed by atoms with Crippen LogP contribution in [0.25, 0.3) is 39.8 Å². The summed E-state index contributed by atoms with van der Waals surface area (Å²) in [4.78, 5) is 81.7. The van der Waals surface area contributed by atoms with Crippen LogP contribution in [-0.4, -0.2) is 110 Å². The first-order valence-corrected chi connectivity index (χ1v) is 23.6. The number of aromatic amines is 2. The number of rotatable bonds is 15. The van der Waals surface area contributed by atoms with Crippen LogP contribution in [0.3, 0.4) is 0 Å². The molecule has 0 unspecified atom stereocenters. The minimum absolute atomic E-state index is 0.00558. The van der Waals surface area contributed by atoms with Crippen molar-refractivity contribution in [3.63, 3.8) is 0 Å². The van der Waals surface area contributed by atoms with Crippen molar-refractivity contribution in [2.45, 2.75) is 137 Å². The van der Waals surface area contributed by atoms with E-state index < -0.39 is 53.7 Å². The van der Waals surface area contributed by atoms with Crippen LogP contribution < -0.4 is 0 Å². The van der Waals surface area contributed by atoms with Crippen LogP contribution in [-0.2, 0) is 54.1 Å². The number of hydrogen-bond acceptors (Lipinski definition) is 13. The Balaban J connectivity index is 1.22. The number of nitrogens with zero attached hydrogens (tertiary/aromatic N) is 3. The van der Waals surface area contributed by atoms with Gasteiger partial charge in [-0.1, -0.05) is 26.5 Å². The van der Waals surface area contributed by atoms with Crippen molar-refractivity contribution in [3.05, 3.63) is 75.4 Å². The maximum atomic E-state index is 13.8. The third-order valence-corrected chi connectivity index (χ3v) is 13.9. The lowest BCUT2D eigenvalue weighted by Gasteiger charge is -2.44. The van der Waals surface area contributed by atoms with Gasteiger partial charge in [0, 0.05) is 98.6 Å². The Morgan fingerprint density at radius 1 is 0.833 bits per heavy atom. The minimum atomic E-state index is -1.24. The van der Waals surface area contributed by atoms with Gasteiger partial charge in [0.15, 0.2) is 18.3 Å². The molecule has 354 valence electrons. The topological polar surface area (TPSA) is 192 Å². The second-order valence-corrected chi connectivity index (χ2v) is 18.5. The number of nitrogens with one attached hydrogen (secondary N) is 2. The number of thioether (sulfide) groups is 1. The van der Waals surface area contributed by atoms with Gasteiger partial charge in [-0.2, -0.15) is 0 Å². The van der Waals surface area contributed by atoms with E-state index in [0.29, 0.717) is 31.6 Å². The second-order valence-electron chi connectivity index (χ2n) is 17.3. The zero-order chi connectivity index (χ0) is 48.1. The van der Waals surface area contributed by atoms with E-state index in [4.69, 9.17) is 33.7 Å². The Kier molecular flexibility index (Phi) is 16.0. The molecule has 0 aliphatic carbocycles. The van der Waals surface area contributed by atoms with Crippen molar-refractivity contribution < 1.29 is 47.7 Å². The predicted octanol–water partition coefficient (Wildman–Crippen LogP) is 8.34. The van der Waals surface area contributed by atoms with Crippen molar-refractivity contribution in [2.75, 3.05) is 26.0 Å². The first-order chi connectivity index (χ1) is 31.3. The molecule has 3 aromatic rings. The molecule has 2 N–H and O–H groups in total. The van der Waals surface area contributed by atoms with Gasteiger partial charge < -0.3 is 38.6 Å². The van der Waals surface area contributed by atoms with E-state index in [2.05, 4.69) is 82.4 Å². The van der Waals surface area contributed by atoms with E-state index >= 15 is 0 Å². The summed E-state index contributed by atoms with van der Waals surface area (Å²) in [6.45, 7) is 21.8. The fourth-order valence-electron chi connectivity index (χ4n) is 9.10. The lowest BCUT2D eigenvalue weighted by molar-refractivity contribution is -0.237. The van der Waals surface area contributed by atoms with Gasteiger partial charge in [0.05, 0.1) is 11.4 Å². The van der Waals surface area contributed by atoms with E-state index in [0.717, 1.165) is 73.5 Å². The molecular weight excluding hydrogens is 863 g/mol. The molecule has 0 saturated carbocycles. The second kappa shape index (κ2) is 21.3. The van der Waals surface area contributed by atoms with Gasteiger partial charge in [-0.05, 0) is 105 Å². The maximum absolute atomic E-state index is 13.8. The van der Waals surface area contributed by atoms with E-state index in [9.17, 15) is 24.0 Å². The summed E-state index contributed by atoms with van der Waals surface area (Å²) in [7, 11) is 1.77. The van der Waals surface area contributed by atoms with Crippen molar-refractivity contribution >= 4 is 81.3 Å². The van der Waals surface area contributed by atoms with Gasteiger partial charge in [0.25, 0.3) is 0 Å². The highest BCUT2D eigenvalue weighted by molar-refractivity contribution is 7.99. The highest BCUT2D eigenvalue weighted by Gasteiger charge is 2.52. The number of fused-ring (bicyclic) bond motifs is 8. The van der Waals surface area contributed by atoms with Crippen LogP contribution in [0.15, 0.2) is 24.8 Å². The number of carbonyl (C=O) groups excluding carboxylic acids is 5. The van der Waals surface area contributed by atoms with E-state index in [-0.39, 0.29) is 24.3 Å². The summed E-state index contributed by atoms with van der Waals surface area (Å²) in [5, 5.41) is 0. The quantitative estimate of drug-likeness (QED) is 0.0841. The van der Waals surface area contributed by atoms with E-state index in [1.165, 1.54) is 50.6 Å². The number of aryl methyl sites for hydroxylation is 3. The van der Waals surface area contributed by atoms with Crippen LogP contribution in [0.5, 0.6) is 0 Å². The average Bonchev–Trinajstić information content (AvgIpc) is 3.96. The van der Waals surface area contributed by atoms with Gasteiger partial charge in [-0.25, -0.2) is 4.98 Å². The smallest absolute Gasteiger partial charge is 0.303 e. The average molecular weight is 926 g/mol. The monoisotopic (exact) mass is 925 g/mol. The standard InChI is InChI=1S/C50H63N5O10S/c1-13-34-27(5)40-23-43-35(14-2)26(4)39(52-43)22-41-28(6)36(46(54-41)29(7)38-20-25(3)37(51-38)21-42(34)53-40)16-17-45(60)55(12)18-15-19-66-50-49(64-33(11)59)48(63-32(10)58)47(62-31(9)57)44(65-50)24-61-30(8)56/h14,20-23,28,36,44,47-50,52-53H,2,13,15-19,24H2,1,3-12H3/t28-,36-,44+,47+,48-,49-,50+/m0/s1. The molecule has 3 aliphatic rings. The maximum Gasteiger partial charge on any atom is 0.303 e. The van der Waals surface area contributed by atoms with E-state index in [1.807, 2.05) is 6.08 Å². The molecule has 3 aromatic heterocycles. The molecule has 8 bridgehead atoms. The number of aromatic nitrogens is 4. The number of carbonyl (C=O) groups is 5. The zero-order valence-corrected chi connectivity index (χ0v) is 40.7. The number of allylic oxidation sites excluding steroid dienone is 1. The zero-order valence-electron chi connectivity index (χ0n) is 39.9. The van der Waals surface area contributed by atoms with Gasteiger partial charge >= 0.3 is 23.9 Å². The largest absolute Gasteiger partial charge is 0.463 e. The molecule has 0 radical (unpaired) electrons. The van der Waals surface area contributed by atoms with Crippen molar-refractivity contribution in [2.24, 2.45) is 0 Å². The van der Waals surface area contributed by atoms with Gasteiger partial charge in [0.1, 0.15) is 18.1 Å². The fourth-order valence-corrected chi connectivity index (χ4v) is 10.3. The summed E-state index contributed by atoms with van der Waals surface area (Å²) in [6, 6.07) is 6.43. The normalized spacial score (nSPS) is 21.4. The summed E-state index contributed by atoms with van der Waals surface area (Å²) in [5.41, 5.74) is 13.3. The third kappa shape index (κ3) is 11.1. The van der Waals surface area contributed by atoms with E-state index in [1.54, 1.807) is 11.9 Å². The molecule has 66 heavy (non-hydrogen) atoms. The third-order valence-electron chi connectivity index (χ3n) is 12.6. The highest BCUT2D eigenvalue weighted by Crippen LogP contribution is 2.42. The number of hydrogen-bond donors (Lipinski definition) is 2. The van der Waals surface area contributed by atoms with Crippen molar-refractivity contribution in [1.29, 1.82) is 0 Å². The molecule has 7 atom stereocenters. The lowest BCUT2D eigenvalue weighted by atomic mass is 9.85. The van der Waals surface area contributed by atoms with Crippen LogP contribution in [0.2, 0.25) is 0 Å². The predicted molar refractivity (Wildman–Crippen MR) is 255 cm³/mol. The fraction of sp³-hybridized carbons (Fsp3) is 0.500. The van der Waals surface area contributed by atoms with Crippen molar-refractivity contribution in [3.8, 4) is 0 Å². The first kappa shape index (κ1) is 49.7. The summed E-state index contributed by atoms with van der Waals surface area (Å²) in [5.74, 6) is -2.25. The van der Waals surface area contributed by atoms with Gasteiger partial charge in [-0.15, -0.1) is 11.8 Å². The molecule has 0 spiro atoms. The molecule has 1 saturated heterocycles. The SMILES string of the molecule is C=Cc1c(C)c2cc3nc(c(C)c4nc(cc5[nH]c(cc1[nH]2)c(C)c5CC)C(C)=C4)[C@@H](CCC(=O)N(C)CCCS[C@H]1O[C@H](COC(C)=O)[C@@H](OC(C)=O)[C@H](OC(C)=O)[C@@H]1OC(C)=O)[C@@H]3C. The Labute approximate surface area is 390 Å². The summed E-state index contributed by atoms with van der Waals surface area (Å²) < 4.78 is 28.1. The summed E-state index contributed by atoms with van der Waals surface area (Å²) in [6.07, 6.45) is 1.64. The minimum Gasteiger partial charge on any atom is -0.463 e. The van der Waals surface area contributed by atoms with Crippen LogP contribution >= 0.6 is 11.8 Å². The lowest BCUT2D eigenvalue weighted by Crippen LogP contribution is -2.61. The molecule has 3 aliphatic heterocycles. The number of amides is 1. The number of ether oxygens (including phenoxy) is 5. The molecular formula is C50H63N5O10S. The Morgan fingerprint density at radius 2 is 1.48 bits per heavy atom. The van der Waals surface area contributed by atoms with Crippen LogP contribution in [0.1, 0.15) is 130 Å². The highest BCUT2D eigenvalue weighted by atomic mass is 32.2.